The summed E-state index contributed by atoms with van der Waals surface area (Å²) in [5, 5.41) is 3.79. The van der Waals surface area contributed by atoms with Crippen molar-refractivity contribution in [3.05, 3.63) is 124 Å². The molecule has 0 aliphatic carbocycles. The van der Waals surface area contributed by atoms with Gasteiger partial charge in [-0.05, 0) is 48.9 Å². The van der Waals surface area contributed by atoms with Gasteiger partial charge in [-0.3, -0.25) is 9.59 Å². The van der Waals surface area contributed by atoms with Gasteiger partial charge in [0.25, 0.3) is 0 Å². The molecule has 0 bridgehead atoms. The maximum absolute atomic E-state index is 13.6. The quantitative estimate of drug-likeness (QED) is 0.269. The van der Waals surface area contributed by atoms with Gasteiger partial charge in [-0.2, -0.15) is 0 Å². The molecule has 0 spiro atoms. The van der Waals surface area contributed by atoms with Crippen molar-refractivity contribution in [1.82, 2.24) is 9.80 Å². The van der Waals surface area contributed by atoms with Crippen molar-refractivity contribution in [2.45, 2.75) is 20.0 Å². The van der Waals surface area contributed by atoms with E-state index in [9.17, 15) is 14.4 Å². The van der Waals surface area contributed by atoms with Crippen molar-refractivity contribution in [2.75, 3.05) is 18.4 Å². The number of nitrogens with one attached hydrogen (secondary N) is 1. The number of benzene rings is 3. The molecular weight excluding hydrogens is 502 g/mol. The lowest BCUT2D eigenvalue weighted by Gasteiger charge is -2.27. The Hall–Kier alpha value is -4.36. The van der Waals surface area contributed by atoms with Crippen molar-refractivity contribution in [1.29, 1.82) is 0 Å². The minimum Gasteiger partial charge on any atom is -0.464 e. The van der Waals surface area contributed by atoms with E-state index in [1.165, 1.54) is 11.2 Å². The van der Waals surface area contributed by atoms with Gasteiger partial charge in [0.15, 0.2) is 5.43 Å². The van der Waals surface area contributed by atoms with Crippen LogP contribution in [0, 0.1) is 6.92 Å². The van der Waals surface area contributed by atoms with Crippen LogP contribution in [0.15, 0.2) is 101 Å². The Morgan fingerprint density at radius 1 is 1.00 bits per heavy atom. The SMILES string of the molecule is C=CCN(CC(=O)N(Cc1ccccc1)Cc1coc2ccc(C)cc2c1=O)C(=O)Nc1ccc(Cl)cc1. The number of carbonyl (C=O) groups excluding carboxylic acids is 2. The predicted molar refractivity (Wildman–Crippen MR) is 150 cm³/mol. The number of anilines is 1. The van der Waals surface area contributed by atoms with E-state index >= 15 is 0 Å². The van der Waals surface area contributed by atoms with Gasteiger partial charge in [-0.15, -0.1) is 6.58 Å². The first-order chi connectivity index (χ1) is 18.3. The predicted octanol–water partition coefficient (Wildman–Crippen LogP) is 6.00. The van der Waals surface area contributed by atoms with E-state index in [0.717, 1.165) is 11.1 Å². The molecule has 194 valence electrons. The van der Waals surface area contributed by atoms with Crippen LogP contribution in [0.5, 0.6) is 0 Å². The van der Waals surface area contributed by atoms with Gasteiger partial charge in [0.05, 0.1) is 23.8 Å². The summed E-state index contributed by atoms with van der Waals surface area (Å²) >= 11 is 5.93. The standard InChI is InChI=1S/C30H28ClN3O4/c1-3-15-33(30(37)32-25-12-10-24(31)11-13-25)19-28(35)34(17-22-7-5-4-6-8-22)18-23-20-38-27-14-9-21(2)16-26(27)29(23)36/h3-14,16,20H,1,15,17-19H2,2H3,(H,32,37). The van der Waals surface area contributed by atoms with Crippen LogP contribution in [0.1, 0.15) is 16.7 Å². The number of aryl methyl sites for hydroxylation is 1. The molecule has 38 heavy (non-hydrogen) atoms. The van der Waals surface area contributed by atoms with Crippen molar-refractivity contribution in [3.8, 4) is 0 Å². The van der Waals surface area contributed by atoms with Crippen LogP contribution in [-0.2, 0) is 17.9 Å². The summed E-state index contributed by atoms with van der Waals surface area (Å²) in [4.78, 5) is 42.7. The molecule has 1 N–H and O–H groups in total. The summed E-state index contributed by atoms with van der Waals surface area (Å²) in [6.45, 7) is 5.85. The number of amides is 3. The van der Waals surface area contributed by atoms with Gasteiger partial charge in [0.1, 0.15) is 12.1 Å². The number of urea groups is 1. The number of fused-ring (bicyclic) bond motifs is 1. The van der Waals surface area contributed by atoms with Crippen molar-refractivity contribution >= 4 is 40.2 Å². The Balaban J connectivity index is 1.58. The zero-order chi connectivity index (χ0) is 27.1. The maximum atomic E-state index is 13.6. The molecule has 3 aromatic carbocycles. The summed E-state index contributed by atoms with van der Waals surface area (Å²) in [7, 11) is 0. The average Bonchev–Trinajstić information content (AvgIpc) is 2.91. The minimum absolute atomic E-state index is 0.0284. The van der Waals surface area contributed by atoms with E-state index < -0.39 is 6.03 Å². The van der Waals surface area contributed by atoms with Gasteiger partial charge in [-0.25, -0.2) is 4.79 Å². The number of rotatable bonds is 9. The molecule has 1 heterocycles. The first-order valence-electron chi connectivity index (χ1n) is 12.1. The zero-order valence-corrected chi connectivity index (χ0v) is 21.8. The van der Waals surface area contributed by atoms with Crippen LogP contribution in [-0.4, -0.2) is 34.8 Å². The molecule has 0 aliphatic rings. The van der Waals surface area contributed by atoms with Crippen molar-refractivity contribution in [2.24, 2.45) is 0 Å². The molecule has 7 nitrogen and oxygen atoms in total. The summed E-state index contributed by atoms with van der Waals surface area (Å²) in [6.07, 6.45) is 2.95. The second-order valence-electron chi connectivity index (χ2n) is 8.93. The monoisotopic (exact) mass is 529 g/mol. The van der Waals surface area contributed by atoms with Gasteiger partial charge >= 0.3 is 6.03 Å². The highest BCUT2D eigenvalue weighted by atomic mass is 35.5. The lowest BCUT2D eigenvalue weighted by Crippen LogP contribution is -2.44. The summed E-state index contributed by atoms with van der Waals surface area (Å²) < 4.78 is 5.71. The molecular formula is C30H28ClN3O4. The highest BCUT2D eigenvalue weighted by Crippen LogP contribution is 2.17. The molecule has 0 saturated carbocycles. The lowest BCUT2D eigenvalue weighted by atomic mass is 10.1. The first kappa shape index (κ1) is 26.7. The molecule has 0 radical (unpaired) electrons. The van der Waals surface area contributed by atoms with E-state index in [4.69, 9.17) is 16.0 Å². The molecule has 8 heteroatoms. The van der Waals surface area contributed by atoms with Crippen LogP contribution in [0.2, 0.25) is 5.02 Å². The van der Waals surface area contributed by atoms with E-state index in [-0.39, 0.29) is 37.5 Å². The maximum Gasteiger partial charge on any atom is 0.322 e. The van der Waals surface area contributed by atoms with E-state index in [1.807, 2.05) is 43.3 Å². The Bertz CT molecular complexity index is 1500. The topological polar surface area (TPSA) is 82.9 Å². The Kier molecular flexibility index (Phi) is 8.61. The van der Waals surface area contributed by atoms with Gasteiger partial charge < -0.3 is 19.5 Å². The Morgan fingerprint density at radius 3 is 2.45 bits per heavy atom. The average molecular weight is 530 g/mol. The smallest absolute Gasteiger partial charge is 0.322 e. The van der Waals surface area contributed by atoms with Gasteiger partial charge in [0, 0.05) is 23.8 Å². The molecule has 0 aliphatic heterocycles. The van der Waals surface area contributed by atoms with Crippen LogP contribution in [0.4, 0.5) is 10.5 Å². The molecule has 0 atom stereocenters. The highest BCUT2D eigenvalue weighted by Gasteiger charge is 2.23. The fourth-order valence-corrected chi connectivity index (χ4v) is 4.14. The third kappa shape index (κ3) is 6.69. The van der Waals surface area contributed by atoms with Crippen LogP contribution < -0.4 is 10.7 Å². The summed E-state index contributed by atoms with van der Waals surface area (Å²) in [6, 6.07) is 21.1. The molecule has 1 aromatic heterocycles. The van der Waals surface area contributed by atoms with Crippen LogP contribution >= 0.6 is 11.6 Å². The van der Waals surface area contributed by atoms with Crippen LogP contribution in [0.3, 0.4) is 0 Å². The largest absolute Gasteiger partial charge is 0.464 e. The normalized spacial score (nSPS) is 10.7. The Morgan fingerprint density at radius 2 is 1.74 bits per heavy atom. The molecule has 0 unspecified atom stereocenters. The van der Waals surface area contributed by atoms with E-state index in [1.54, 1.807) is 47.4 Å². The fraction of sp³-hybridized carbons (Fsp3) is 0.167. The summed E-state index contributed by atoms with van der Waals surface area (Å²) in [5.74, 6) is -0.328. The Labute approximate surface area is 225 Å². The minimum atomic E-state index is -0.457. The molecule has 0 fully saturated rings. The number of carbonyl (C=O) groups is 2. The third-order valence-corrected chi connectivity index (χ3v) is 6.24. The molecule has 4 aromatic rings. The molecule has 4 rings (SSSR count). The number of hydrogen-bond donors (Lipinski definition) is 1. The van der Waals surface area contributed by atoms with Crippen LogP contribution in [0.25, 0.3) is 11.0 Å². The van der Waals surface area contributed by atoms with E-state index in [2.05, 4.69) is 11.9 Å². The number of nitrogens with zero attached hydrogens (tertiary/aromatic N) is 2. The third-order valence-electron chi connectivity index (χ3n) is 5.99. The zero-order valence-electron chi connectivity index (χ0n) is 21.0. The van der Waals surface area contributed by atoms with Crippen molar-refractivity contribution in [3.63, 3.8) is 0 Å². The number of halogens is 1. The van der Waals surface area contributed by atoms with Gasteiger partial charge in [0.2, 0.25) is 5.91 Å². The van der Waals surface area contributed by atoms with Crippen molar-refractivity contribution < 1.29 is 14.0 Å². The lowest BCUT2D eigenvalue weighted by molar-refractivity contribution is -0.133. The number of hydrogen-bond acceptors (Lipinski definition) is 4. The highest BCUT2D eigenvalue weighted by molar-refractivity contribution is 6.30. The second kappa shape index (κ2) is 12.3. The van der Waals surface area contributed by atoms with E-state index in [0.29, 0.717) is 27.2 Å². The van der Waals surface area contributed by atoms with Gasteiger partial charge in [-0.1, -0.05) is 59.6 Å². The first-order valence-corrected chi connectivity index (χ1v) is 12.5. The summed E-state index contributed by atoms with van der Waals surface area (Å²) in [5.41, 5.74) is 3.03. The second-order valence-corrected chi connectivity index (χ2v) is 9.37. The fourth-order valence-electron chi connectivity index (χ4n) is 4.01. The molecule has 3 amide bonds. The molecule has 0 saturated heterocycles.